The SMILES string of the molecule is CC1(F)CC2CC(N)CC2C1.Cl. The van der Waals surface area contributed by atoms with Crippen LogP contribution >= 0.6 is 12.4 Å². The van der Waals surface area contributed by atoms with Gasteiger partial charge in [0.1, 0.15) is 5.67 Å². The maximum absolute atomic E-state index is 13.4. The average molecular weight is 194 g/mol. The van der Waals surface area contributed by atoms with Crippen molar-refractivity contribution in [2.45, 2.75) is 44.3 Å². The van der Waals surface area contributed by atoms with Crippen molar-refractivity contribution in [2.75, 3.05) is 0 Å². The zero-order chi connectivity index (χ0) is 8.06. The van der Waals surface area contributed by atoms with Crippen LogP contribution in [0.15, 0.2) is 0 Å². The predicted octanol–water partition coefficient (Wildman–Crippen LogP) is 2.28. The molecule has 12 heavy (non-hydrogen) atoms. The van der Waals surface area contributed by atoms with E-state index >= 15 is 0 Å². The van der Waals surface area contributed by atoms with Gasteiger partial charge in [0.05, 0.1) is 0 Å². The minimum Gasteiger partial charge on any atom is -0.328 e. The van der Waals surface area contributed by atoms with Crippen molar-refractivity contribution in [3.05, 3.63) is 0 Å². The number of hydrogen-bond donors (Lipinski definition) is 1. The maximum Gasteiger partial charge on any atom is 0.108 e. The van der Waals surface area contributed by atoms with E-state index in [-0.39, 0.29) is 12.4 Å². The molecule has 3 heteroatoms. The summed E-state index contributed by atoms with van der Waals surface area (Å²) in [6.07, 6.45) is 3.63. The number of fused-ring (bicyclic) bond motifs is 1. The lowest BCUT2D eigenvalue weighted by molar-refractivity contribution is 0.183. The topological polar surface area (TPSA) is 26.0 Å². The minimum atomic E-state index is -0.879. The molecule has 2 aliphatic rings. The van der Waals surface area contributed by atoms with Crippen LogP contribution in [0.5, 0.6) is 0 Å². The predicted molar refractivity (Wildman–Crippen MR) is 50.2 cm³/mol. The third-order valence-electron chi connectivity index (χ3n) is 3.25. The van der Waals surface area contributed by atoms with Crippen LogP contribution in [0, 0.1) is 11.8 Å². The van der Waals surface area contributed by atoms with Gasteiger partial charge >= 0.3 is 0 Å². The van der Waals surface area contributed by atoms with Crippen LogP contribution in [0.4, 0.5) is 4.39 Å². The molecule has 0 amide bonds. The van der Waals surface area contributed by atoms with Gasteiger partial charge in [-0.25, -0.2) is 4.39 Å². The van der Waals surface area contributed by atoms with Gasteiger partial charge in [-0.1, -0.05) is 0 Å². The van der Waals surface area contributed by atoms with Crippen molar-refractivity contribution in [3.8, 4) is 0 Å². The molecule has 2 atom stereocenters. The van der Waals surface area contributed by atoms with Crippen molar-refractivity contribution < 1.29 is 4.39 Å². The van der Waals surface area contributed by atoms with Crippen molar-refractivity contribution in [1.82, 2.24) is 0 Å². The molecule has 0 spiro atoms. The highest BCUT2D eigenvalue weighted by Crippen LogP contribution is 2.49. The molecule has 2 fully saturated rings. The van der Waals surface area contributed by atoms with Crippen LogP contribution in [0.2, 0.25) is 0 Å². The Morgan fingerprint density at radius 1 is 1.25 bits per heavy atom. The average Bonchev–Trinajstić information content (AvgIpc) is 2.17. The molecule has 72 valence electrons. The zero-order valence-electron chi connectivity index (χ0n) is 7.42. The van der Waals surface area contributed by atoms with E-state index in [0.29, 0.717) is 17.9 Å². The maximum atomic E-state index is 13.4. The first kappa shape index (κ1) is 10.3. The van der Waals surface area contributed by atoms with E-state index in [4.69, 9.17) is 5.73 Å². The highest BCUT2D eigenvalue weighted by atomic mass is 35.5. The third-order valence-corrected chi connectivity index (χ3v) is 3.25. The second kappa shape index (κ2) is 3.15. The van der Waals surface area contributed by atoms with Gasteiger partial charge in [-0.15, -0.1) is 12.4 Å². The lowest BCUT2D eigenvalue weighted by atomic mass is 10.0. The van der Waals surface area contributed by atoms with Gasteiger partial charge in [-0.2, -0.15) is 0 Å². The molecule has 2 unspecified atom stereocenters. The number of nitrogens with two attached hydrogens (primary N) is 1. The molecular weight excluding hydrogens is 177 g/mol. The highest BCUT2D eigenvalue weighted by Gasteiger charge is 2.46. The zero-order valence-corrected chi connectivity index (χ0v) is 8.24. The summed E-state index contributed by atoms with van der Waals surface area (Å²) in [7, 11) is 0. The summed E-state index contributed by atoms with van der Waals surface area (Å²) in [5, 5.41) is 0. The summed E-state index contributed by atoms with van der Waals surface area (Å²) in [4.78, 5) is 0. The molecule has 0 aromatic rings. The van der Waals surface area contributed by atoms with Crippen LogP contribution in [0.25, 0.3) is 0 Å². The monoisotopic (exact) mass is 193 g/mol. The van der Waals surface area contributed by atoms with Gasteiger partial charge in [0.2, 0.25) is 0 Å². The van der Waals surface area contributed by atoms with E-state index in [2.05, 4.69) is 0 Å². The molecule has 0 aromatic carbocycles. The van der Waals surface area contributed by atoms with Gasteiger partial charge < -0.3 is 5.73 Å². The van der Waals surface area contributed by atoms with Gasteiger partial charge in [0, 0.05) is 6.04 Å². The Morgan fingerprint density at radius 2 is 1.67 bits per heavy atom. The highest BCUT2D eigenvalue weighted by molar-refractivity contribution is 5.85. The van der Waals surface area contributed by atoms with Crippen molar-refractivity contribution in [3.63, 3.8) is 0 Å². The fourth-order valence-electron chi connectivity index (χ4n) is 2.94. The first-order valence-corrected chi connectivity index (χ1v) is 4.51. The number of alkyl halides is 1. The molecule has 0 heterocycles. The first-order chi connectivity index (χ1) is 5.07. The van der Waals surface area contributed by atoms with E-state index < -0.39 is 5.67 Å². The fraction of sp³-hybridized carbons (Fsp3) is 1.00. The Labute approximate surface area is 79.3 Å². The quantitative estimate of drug-likeness (QED) is 0.628. The lowest BCUT2D eigenvalue weighted by Crippen LogP contribution is -2.20. The Bertz CT molecular complexity index is 156. The summed E-state index contributed by atoms with van der Waals surface area (Å²) in [6, 6.07) is 0.362. The lowest BCUT2D eigenvalue weighted by Gasteiger charge is -2.14. The van der Waals surface area contributed by atoms with Crippen LogP contribution in [0.3, 0.4) is 0 Å². The summed E-state index contributed by atoms with van der Waals surface area (Å²) < 4.78 is 13.4. The second-order valence-corrected chi connectivity index (χ2v) is 4.57. The van der Waals surface area contributed by atoms with E-state index in [1.807, 2.05) is 0 Å². The molecule has 0 bridgehead atoms. The molecule has 0 aliphatic heterocycles. The van der Waals surface area contributed by atoms with Gasteiger partial charge in [-0.05, 0) is 44.4 Å². The largest absolute Gasteiger partial charge is 0.328 e. The minimum absolute atomic E-state index is 0. The molecule has 2 rings (SSSR count). The molecule has 2 N–H and O–H groups in total. The molecular formula is C9H17ClFN. The Hall–Kier alpha value is 0.180. The molecule has 0 saturated heterocycles. The Morgan fingerprint density at radius 3 is 2.08 bits per heavy atom. The summed E-state index contributed by atoms with van der Waals surface area (Å²) in [5.74, 6) is 1.19. The van der Waals surface area contributed by atoms with Crippen LogP contribution in [0.1, 0.15) is 32.6 Å². The number of hydrogen-bond acceptors (Lipinski definition) is 1. The third kappa shape index (κ3) is 1.74. The van der Waals surface area contributed by atoms with Crippen molar-refractivity contribution in [1.29, 1.82) is 0 Å². The van der Waals surface area contributed by atoms with Gasteiger partial charge in [-0.3, -0.25) is 0 Å². The molecule has 2 aliphatic carbocycles. The Kier molecular flexibility index (Phi) is 2.69. The number of halogens is 2. The molecule has 1 nitrogen and oxygen atoms in total. The first-order valence-electron chi connectivity index (χ1n) is 4.51. The van der Waals surface area contributed by atoms with Crippen LogP contribution in [-0.4, -0.2) is 11.7 Å². The number of rotatable bonds is 0. The molecule has 0 aromatic heterocycles. The summed E-state index contributed by atoms with van der Waals surface area (Å²) in [5.41, 5.74) is 4.91. The van der Waals surface area contributed by atoms with Crippen LogP contribution < -0.4 is 5.73 Å². The van der Waals surface area contributed by atoms with E-state index in [1.54, 1.807) is 6.92 Å². The van der Waals surface area contributed by atoms with Gasteiger partial charge in [0.15, 0.2) is 0 Å². The fourth-order valence-corrected chi connectivity index (χ4v) is 2.94. The van der Waals surface area contributed by atoms with Gasteiger partial charge in [0.25, 0.3) is 0 Å². The van der Waals surface area contributed by atoms with E-state index in [9.17, 15) is 4.39 Å². The molecule has 0 radical (unpaired) electrons. The van der Waals surface area contributed by atoms with Crippen molar-refractivity contribution >= 4 is 12.4 Å². The summed E-state index contributed by atoms with van der Waals surface area (Å²) >= 11 is 0. The Balaban J connectivity index is 0.000000720. The van der Waals surface area contributed by atoms with Crippen LogP contribution in [-0.2, 0) is 0 Å². The van der Waals surface area contributed by atoms with E-state index in [1.165, 1.54) is 0 Å². The normalized spacial score (nSPS) is 51.8. The molecule has 2 saturated carbocycles. The smallest absolute Gasteiger partial charge is 0.108 e. The van der Waals surface area contributed by atoms with E-state index in [0.717, 1.165) is 25.7 Å². The standard InChI is InChI=1S/C9H16FN.ClH/c1-9(10)4-6-2-8(11)3-7(6)5-9;/h6-8H,2-5,11H2,1H3;1H. The summed E-state index contributed by atoms with van der Waals surface area (Å²) in [6.45, 7) is 1.73. The second-order valence-electron chi connectivity index (χ2n) is 4.57. The van der Waals surface area contributed by atoms with Crippen molar-refractivity contribution in [2.24, 2.45) is 17.6 Å².